The number of aliphatic hydroxyl groups is 1. The number of rotatable bonds is 7. The van der Waals surface area contributed by atoms with E-state index in [-0.39, 0.29) is 5.69 Å². The zero-order valence-corrected chi connectivity index (χ0v) is 21.4. The summed E-state index contributed by atoms with van der Waals surface area (Å²) in [4.78, 5) is 44.9. The highest BCUT2D eigenvalue weighted by atomic mass is 16.3. The molecule has 3 heterocycles. The van der Waals surface area contributed by atoms with Crippen LogP contribution in [0.4, 0.5) is 5.69 Å². The lowest BCUT2D eigenvalue weighted by atomic mass is 10.0. The number of fused-ring (bicyclic) bond motifs is 1. The summed E-state index contributed by atoms with van der Waals surface area (Å²) in [7, 11) is 0. The van der Waals surface area contributed by atoms with Gasteiger partial charge in [0, 0.05) is 48.7 Å². The molecule has 0 spiro atoms. The van der Waals surface area contributed by atoms with Crippen LogP contribution in [0.5, 0.6) is 0 Å². The molecule has 2 aromatic carbocycles. The zero-order valence-electron chi connectivity index (χ0n) is 21.4. The van der Waals surface area contributed by atoms with E-state index in [1.54, 1.807) is 49.1 Å². The Morgan fingerprint density at radius 2 is 1.70 bits per heavy atom. The first-order valence-electron chi connectivity index (χ1n) is 12.9. The lowest BCUT2D eigenvalue weighted by Crippen LogP contribution is -2.46. The lowest BCUT2D eigenvalue weighted by Gasteiger charge is -2.32. The number of benzene rings is 2. The molecule has 0 aliphatic heterocycles. The molecule has 3 atom stereocenters. The fourth-order valence-corrected chi connectivity index (χ4v) is 5.17. The predicted octanol–water partition coefficient (Wildman–Crippen LogP) is 4.03. The molecule has 2 amide bonds. The number of carbonyl (C=O) groups excluding carboxylic acids is 2. The summed E-state index contributed by atoms with van der Waals surface area (Å²) in [5, 5.41) is 13.9. The van der Waals surface area contributed by atoms with E-state index in [2.05, 4.69) is 25.3 Å². The van der Waals surface area contributed by atoms with Crippen molar-refractivity contribution < 1.29 is 14.7 Å². The van der Waals surface area contributed by atoms with Gasteiger partial charge in [0.05, 0.1) is 18.5 Å². The number of nitrogens with one attached hydrogen (secondary N) is 2. The van der Waals surface area contributed by atoms with Crippen LogP contribution in [0.25, 0.3) is 11.1 Å². The molecule has 3 N–H and O–H groups in total. The number of hydrogen-bond acceptors (Lipinski definition) is 6. The lowest BCUT2D eigenvalue weighted by molar-refractivity contribution is -0.124. The summed E-state index contributed by atoms with van der Waals surface area (Å²) >= 11 is 0. The number of carbonyl (C=O) groups is 2. The van der Waals surface area contributed by atoms with Gasteiger partial charge in [-0.15, -0.1) is 0 Å². The maximum absolute atomic E-state index is 14.2. The van der Waals surface area contributed by atoms with Crippen LogP contribution in [-0.4, -0.2) is 43.0 Å². The van der Waals surface area contributed by atoms with Crippen LogP contribution >= 0.6 is 0 Å². The van der Waals surface area contributed by atoms with E-state index in [0.717, 1.165) is 22.3 Å². The maximum atomic E-state index is 14.2. The van der Waals surface area contributed by atoms with Gasteiger partial charge in [-0.3, -0.25) is 24.5 Å². The molecule has 1 aliphatic rings. The Morgan fingerprint density at radius 1 is 0.925 bits per heavy atom. The second-order valence-corrected chi connectivity index (χ2v) is 9.56. The summed E-state index contributed by atoms with van der Waals surface area (Å²) in [5.41, 5.74) is 4.85. The molecule has 6 rings (SSSR count). The average Bonchev–Trinajstić information content (AvgIpc) is 3.65. The molecule has 0 bridgehead atoms. The van der Waals surface area contributed by atoms with Crippen molar-refractivity contribution in [1.82, 2.24) is 25.3 Å². The first-order chi connectivity index (χ1) is 19.6. The van der Waals surface area contributed by atoms with E-state index in [0.29, 0.717) is 17.7 Å². The molecule has 0 saturated carbocycles. The summed E-state index contributed by atoms with van der Waals surface area (Å²) < 4.78 is 0. The third-order valence-corrected chi connectivity index (χ3v) is 7.08. The quantitative estimate of drug-likeness (QED) is 0.292. The van der Waals surface area contributed by atoms with Gasteiger partial charge in [-0.1, -0.05) is 48.5 Å². The van der Waals surface area contributed by atoms with E-state index < -0.39 is 30.0 Å². The van der Waals surface area contributed by atoms with Crippen molar-refractivity contribution in [2.24, 2.45) is 0 Å². The maximum Gasteiger partial charge on any atom is 0.279 e. The van der Waals surface area contributed by atoms with E-state index in [1.165, 1.54) is 17.4 Å². The van der Waals surface area contributed by atoms with Gasteiger partial charge >= 0.3 is 0 Å². The normalized spacial score (nSPS) is 16.6. The standard InChI is InChI=1S/C31H26N6O3/c38-27-15-21-5-1-2-8-25(21)28(27)36-30(39)29(23-7-4-14-33-17-23)37(31(40)26-18-34-19-35-26)24-11-9-20(10-12-24)22-6-3-13-32-16-22/h1-14,16-19,27-29,38H,15H2,(H,34,35)(H,36,39)/t27-,28+,29?/m0/s1. The predicted molar refractivity (Wildman–Crippen MR) is 149 cm³/mol. The van der Waals surface area contributed by atoms with Gasteiger partial charge in [-0.2, -0.15) is 0 Å². The topological polar surface area (TPSA) is 124 Å². The Kier molecular flexibility index (Phi) is 6.86. The third kappa shape index (κ3) is 4.85. The molecule has 9 nitrogen and oxygen atoms in total. The Morgan fingerprint density at radius 3 is 2.40 bits per heavy atom. The molecule has 40 heavy (non-hydrogen) atoms. The number of imidazole rings is 1. The van der Waals surface area contributed by atoms with E-state index in [1.807, 2.05) is 48.5 Å². The van der Waals surface area contributed by atoms with Crippen molar-refractivity contribution in [3.8, 4) is 11.1 Å². The number of aromatic amines is 1. The molecule has 5 aromatic rings. The van der Waals surface area contributed by atoms with E-state index in [9.17, 15) is 14.7 Å². The summed E-state index contributed by atoms with van der Waals surface area (Å²) in [6, 6.07) is 20.6. The Bertz CT molecular complexity index is 1610. The van der Waals surface area contributed by atoms with Gasteiger partial charge in [-0.25, -0.2) is 4.98 Å². The number of amides is 2. The molecule has 3 aromatic heterocycles. The zero-order chi connectivity index (χ0) is 27.5. The average molecular weight is 531 g/mol. The van der Waals surface area contributed by atoms with Gasteiger partial charge in [0.2, 0.25) is 5.91 Å². The van der Waals surface area contributed by atoms with Crippen LogP contribution < -0.4 is 10.2 Å². The van der Waals surface area contributed by atoms with Gasteiger partial charge in [0.15, 0.2) is 0 Å². The molecule has 0 fully saturated rings. The summed E-state index contributed by atoms with van der Waals surface area (Å²) in [5.74, 6) is -0.916. The van der Waals surface area contributed by atoms with Crippen molar-refractivity contribution in [2.45, 2.75) is 24.6 Å². The molecule has 198 valence electrons. The number of H-pyrrole nitrogens is 1. The molecule has 1 aliphatic carbocycles. The highest BCUT2D eigenvalue weighted by molar-refractivity contribution is 6.09. The van der Waals surface area contributed by atoms with Crippen molar-refractivity contribution in [2.75, 3.05) is 4.90 Å². The molecule has 1 unspecified atom stereocenters. The summed E-state index contributed by atoms with van der Waals surface area (Å²) in [6.07, 6.45) is 9.21. The van der Waals surface area contributed by atoms with E-state index >= 15 is 0 Å². The van der Waals surface area contributed by atoms with E-state index in [4.69, 9.17) is 0 Å². The number of pyridine rings is 2. The van der Waals surface area contributed by atoms with Crippen molar-refractivity contribution in [1.29, 1.82) is 0 Å². The third-order valence-electron chi connectivity index (χ3n) is 7.08. The fraction of sp³-hybridized carbons (Fsp3) is 0.129. The Labute approximate surface area is 230 Å². The van der Waals surface area contributed by atoms with Crippen LogP contribution in [0.2, 0.25) is 0 Å². The van der Waals surface area contributed by atoms with Crippen LogP contribution in [0.1, 0.15) is 39.3 Å². The fourth-order valence-electron chi connectivity index (χ4n) is 5.17. The number of aromatic nitrogens is 4. The first kappa shape index (κ1) is 25.1. The molecular weight excluding hydrogens is 504 g/mol. The SMILES string of the molecule is O=C(N[C@@H]1c2ccccc2C[C@@H]1O)C(c1cccnc1)N(C(=O)c1c[nH]cn1)c1ccc(-c2cccnc2)cc1. The van der Waals surface area contributed by atoms with Gasteiger partial charge in [-0.05, 0) is 46.5 Å². The van der Waals surface area contributed by atoms with Crippen molar-refractivity contribution in [3.63, 3.8) is 0 Å². The molecule has 0 radical (unpaired) electrons. The number of anilines is 1. The minimum Gasteiger partial charge on any atom is -0.390 e. The second kappa shape index (κ2) is 10.9. The minimum atomic E-state index is -1.10. The highest BCUT2D eigenvalue weighted by Crippen LogP contribution is 2.35. The van der Waals surface area contributed by atoms with Crippen LogP contribution in [0.3, 0.4) is 0 Å². The monoisotopic (exact) mass is 530 g/mol. The molecular formula is C31H26N6O3. The van der Waals surface area contributed by atoms with Crippen LogP contribution in [-0.2, 0) is 11.2 Å². The first-order valence-corrected chi connectivity index (χ1v) is 12.9. The van der Waals surface area contributed by atoms with Crippen molar-refractivity contribution in [3.05, 3.63) is 132 Å². The van der Waals surface area contributed by atoms with Crippen LogP contribution in [0, 0.1) is 0 Å². The van der Waals surface area contributed by atoms with Crippen LogP contribution in [0.15, 0.2) is 110 Å². The summed E-state index contributed by atoms with van der Waals surface area (Å²) in [6.45, 7) is 0. The smallest absolute Gasteiger partial charge is 0.279 e. The number of hydrogen-bond donors (Lipinski definition) is 3. The number of nitrogens with zero attached hydrogens (tertiary/aromatic N) is 4. The minimum absolute atomic E-state index is 0.157. The second-order valence-electron chi connectivity index (χ2n) is 9.56. The number of aliphatic hydroxyl groups excluding tert-OH is 1. The molecule has 9 heteroatoms. The van der Waals surface area contributed by atoms with Gasteiger partial charge < -0.3 is 15.4 Å². The van der Waals surface area contributed by atoms with Gasteiger partial charge in [0.1, 0.15) is 11.7 Å². The van der Waals surface area contributed by atoms with Crippen molar-refractivity contribution >= 4 is 17.5 Å². The largest absolute Gasteiger partial charge is 0.390 e. The van der Waals surface area contributed by atoms with Gasteiger partial charge in [0.25, 0.3) is 5.91 Å². The Balaban J connectivity index is 1.42. The molecule has 0 saturated heterocycles. The Hall–Kier alpha value is -5.15. The highest BCUT2D eigenvalue weighted by Gasteiger charge is 2.38.